The predicted molar refractivity (Wildman–Crippen MR) is 46.4 cm³/mol. The Hall–Kier alpha value is -1.08. The molecule has 0 amide bonds. The standard InChI is InChI=1S/C7H8F2N2O2S/c8-7(9,6(12)13)3-10-1-5-2-11-4-14-5/h2,4,10H,1,3H2,(H,12,13). The van der Waals surface area contributed by atoms with Gasteiger partial charge in [-0.25, -0.2) is 4.79 Å². The number of rotatable bonds is 5. The summed E-state index contributed by atoms with van der Waals surface area (Å²) in [4.78, 5) is 14.5. The predicted octanol–water partition coefficient (Wildman–Crippen LogP) is 0.953. The zero-order chi connectivity index (χ0) is 10.6. The number of hydrogen-bond donors (Lipinski definition) is 2. The molecule has 0 fully saturated rings. The number of carboxylic acids is 1. The highest BCUT2D eigenvalue weighted by Crippen LogP contribution is 2.12. The summed E-state index contributed by atoms with van der Waals surface area (Å²) in [6.07, 6.45) is 1.54. The number of nitrogens with zero attached hydrogens (tertiary/aromatic N) is 1. The van der Waals surface area contributed by atoms with Gasteiger partial charge in [0.15, 0.2) is 0 Å². The van der Waals surface area contributed by atoms with Gasteiger partial charge in [0.25, 0.3) is 0 Å². The third kappa shape index (κ3) is 3.00. The number of hydrogen-bond acceptors (Lipinski definition) is 4. The van der Waals surface area contributed by atoms with E-state index in [1.807, 2.05) is 0 Å². The van der Waals surface area contributed by atoms with Crippen molar-refractivity contribution in [3.05, 3.63) is 16.6 Å². The summed E-state index contributed by atoms with van der Waals surface area (Å²) in [6, 6.07) is 0. The SMILES string of the molecule is O=C(O)C(F)(F)CNCc1cncs1. The molecule has 0 aromatic carbocycles. The summed E-state index contributed by atoms with van der Waals surface area (Å²) in [7, 11) is 0. The summed E-state index contributed by atoms with van der Waals surface area (Å²) in [5, 5.41) is 10.4. The lowest BCUT2D eigenvalue weighted by Gasteiger charge is -2.10. The smallest absolute Gasteiger partial charge is 0.375 e. The van der Waals surface area contributed by atoms with Crippen LogP contribution in [0.4, 0.5) is 8.78 Å². The highest BCUT2D eigenvalue weighted by molar-refractivity contribution is 7.09. The molecule has 0 aliphatic rings. The van der Waals surface area contributed by atoms with E-state index in [1.54, 1.807) is 5.51 Å². The first-order chi connectivity index (χ1) is 6.52. The maximum atomic E-state index is 12.5. The van der Waals surface area contributed by atoms with E-state index in [9.17, 15) is 13.6 Å². The van der Waals surface area contributed by atoms with Crippen molar-refractivity contribution in [1.82, 2.24) is 10.3 Å². The molecule has 14 heavy (non-hydrogen) atoms. The van der Waals surface area contributed by atoms with Crippen molar-refractivity contribution >= 4 is 17.3 Å². The normalized spacial score (nSPS) is 11.6. The van der Waals surface area contributed by atoms with Crippen LogP contribution in [0.3, 0.4) is 0 Å². The number of thiazole rings is 1. The van der Waals surface area contributed by atoms with E-state index in [4.69, 9.17) is 5.11 Å². The lowest BCUT2D eigenvalue weighted by Crippen LogP contribution is -2.39. The molecule has 1 heterocycles. The van der Waals surface area contributed by atoms with Crippen molar-refractivity contribution in [2.45, 2.75) is 12.5 Å². The quantitative estimate of drug-likeness (QED) is 0.778. The van der Waals surface area contributed by atoms with Gasteiger partial charge >= 0.3 is 11.9 Å². The number of nitrogens with one attached hydrogen (secondary N) is 1. The van der Waals surface area contributed by atoms with E-state index in [0.29, 0.717) is 0 Å². The van der Waals surface area contributed by atoms with E-state index in [1.165, 1.54) is 17.5 Å². The third-order valence-electron chi connectivity index (χ3n) is 1.44. The van der Waals surface area contributed by atoms with Crippen LogP contribution in [-0.4, -0.2) is 28.5 Å². The van der Waals surface area contributed by atoms with Crippen molar-refractivity contribution < 1.29 is 18.7 Å². The Bertz CT molecular complexity index is 303. The van der Waals surface area contributed by atoms with Crippen molar-refractivity contribution in [3.8, 4) is 0 Å². The number of aromatic nitrogens is 1. The summed E-state index contributed by atoms with van der Waals surface area (Å²) in [5.41, 5.74) is 1.58. The molecule has 0 spiro atoms. The van der Waals surface area contributed by atoms with Crippen LogP contribution >= 0.6 is 11.3 Å². The fourth-order valence-corrected chi connectivity index (χ4v) is 1.31. The zero-order valence-electron chi connectivity index (χ0n) is 7.04. The molecule has 0 radical (unpaired) electrons. The summed E-state index contributed by atoms with van der Waals surface area (Å²) < 4.78 is 25.0. The molecular formula is C7H8F2N2O2S. The molecule has 0 saturated carbocycles. The Balaban J connectivity index is 2.31. The molecule has 7 heteroatoms. The van der Waals surface area contributed by atoms with Gasteiger partial charge in [0.1, 0.15) is 0 Å². The fourth-order valence-electron chi connectivity index (χ4n) is 0.748. The van der Waals surface area contributed by atoms with Crippen molar-refractivity contribution in [2.24, 2.45) is 0 Å². The summed E-state index contributed by atoms with van der Waals surface area (Å²) in [5.74, 6) is -5.83. The molecule has 1 aromatic heterocycles. The largest absolute Gasteiger partial charge is 0.477 e. The summed E-state index contributed by atoms with van der Waals surface area (Å²) in [6.45, 7) is -0.673. The minimum absolute atomic E-state index is 0.202. The molecule has 0 aliphatic carbocycles. The maximum Gasteiger partial charge on any atom is 0.375 e. The van der Waals surface area contributed by atoms with E-state index in [2.05, 4.69) is 10.3 Å². The van der Waals surface area contributed by atoms with Crippen LogP contribution in [0.2, 0.25) is 0 Å². The summed E-state index contributed by atoms with van der Waals surface area (Å²) >= 11 is 1.32. The molecule has 0 unspecified atom stereocenters. The maximum absolute atomic E-state index is 12.5. The van der Waals surface area contributed by atoms with Gasteiger partial charge in [0.05, 0.1) is 12.1 Å². The highest BCUT2D eigenvalue weighted by atomic mass is 32.1. The van der Waals surface area contributed by atoms with Crippen LogP contribution in [0.25, 0.3) is 0 Å². The highest BCUT2D eigenvalue weighted by Gasteiger charge is 2.38. The Morgan fingerprint density at radius 2 is 2.43 bits per heavy atom. The molecule has 1 rings (SSSR count). The minimum Gasteiger partial charge on any atom is -0.477 e. The fraction of sp³-hybridized carbons (Fsp3) is 0.429. The van der Waals surface area contributed by atoms with E-state index < -0.39 is 18.4 Å². The van der Waals surface area contributed by atoms with Gasteiger partial charge < -0.3 is 10.4 Å². The van der Waals surface area contributed by atoms with E-state index in [-0.39, 0.29) is 6.54 Å². The first-order valence-electron chi connectivity index (χ1n) is 3.71. The number of carboxylic acid groups (broad SMARTS) is 1. The van der Waals surface area contributed by atoms with Crippen LogP contribution in [0.1, 0.15) is 4.88 Å². The second-order valence-corrected chi connectivity index (χ2v) is 3.55. The van der Waals surface area contributed by atoms with Gasteiger partial charge in [-0.05, 0) is 0 Å². The molecule has 0 aliphatic heterocycles. The first-order valence-corrected chi connectivity index (χ1v) is 4.59. The Kier molecular flexibility index (Phi) is 3.48. The molecule has 0 saturated heterocycles. The Morgan fingerprint density at radius 3 is 2.93 bits per heavy atom. The van der Waals surface area contributed by atoms with Crippen molar-refractivity contribution in [2.75, 3.05) is 6.54 Å². The molecule has 4 nitrogen and oxygen atoms in total. The first kappa shape index (κ1) is 11.0. The van der Waals surface area contributed by atoms with Crippen LogP contribution in [0, 0.1) is 0 Å². The molecule has 0 bridgehead atoms. The van der Waals surface area contributed by atoms with Gasteiger partial charge in [-0.1, -0.05) is 0 Å². The molecule has 1 aromatic rings. The number of carbonyl (C=O) groups is 1. The number of halogens is 2. The van der Waals surface area contributed by atoms with Gasteiger partial charge in [0, 0.05) is 17.6 Å². The zero-order valence-corrected chi connectivity index (χ0v) is 7.85. The van der Waals surface area contributed by atoms with Gasteiger partial charge in [-0.3, -0.25) is 4.98 Å². The molecule has 2 N–H and O–H groups in total. The van der Waals surface area contributed by atoms with Crippen LogP contribution in [0.15, 0.2) is 11.7 Å². The van der Waals surface area contributed by atoms with E-state index in [0.717, 1.165) is 4.88 Å². The lowest BCUT2D eigenvalue weighted by molar-refractivity contribution is -0.164. The topological polar surface area (TPSA) is 62.2 Å². The van der Waals surface area contributed by atoms with Crippen LogP contribution in [0.5, 0.6) is 0 Å². The van der Waals surface area contributed by atoms with Crippen molar-refractivity contribution in [3.63, 3.8) is 0 Å². The third-order valence-corrected chi connectivity index (χ3v) is 2.22. The Morgan fingerprint density at radius 1 is 1.71 bits per heavy atom. The van der Waals surface area contributed by atoms with Crippen LogP contribution in [-0.2, 0) is 11.3 Å². The molecule has 0 atom stereocenters. The van der Waals surface area contributed by atoms with E-state index >= 15 is 0 Å². The second kappa shape index (κ2) is 4.43. The average Bonchev–Trinajstić information content (AvgIpc) is 2.56. The van der Waals surface area contributed by atoms with Crippen molar-refractivity contribution in [1.29, 1.82) is 0 Å². The molecular weight excluding hydrogens is 214 g/mol. The van der Waals surface area contributed by atoms with Gasteiger partial charge in [-0.2, -0.15) is 8.78 Å². The molecule has 78 valence electrons. The lowest BCUT2D eigenvalue weighted by atomic mass is 10.3. The van der Waals surface area contributed by atoms with Crippen LogP contribution < -0.4 is 5.32 Å². The van der Waals surface area contributed by atoms with Gasteiger partial charge in [-0.15, -0.1) is 11.3 Å². The second-order valence-electron chi connectivity index (χ2n) is 2.58. The minimum atomic E-state index is -3.72. The van der Waals surface area contributed by atoms with Gasteiger partial charge in [0.2, 0.25) is 0 Å². The average molecular weight is 222 g/mol. The number of aliphatic carboxylic acids is 1. The monoisotopic (exact) mass is 222 g/mol. The number of alkyl halides is 2. The Labute approximate surface area is 82.6 Å².